The number of hydrogen-bond donors (Lipinski definition) is 0. The highest BCUT2D eigenvalue weighted by molar-refractivity contribution is 6.13. The molecule has 0 heterocycles. The number of esters is 2. The van der Waals surface area contributed by atoms with E-state index in [4.69, 9.17) is 18.9 Å². The molecular formula is C27H28O6. The molecule has 0 radical (unpaired) electrons. The SMILES string of the molecule is COC(=O)C1=C(C(=O)OC)C2C(c3ccc(OC)cc3)=C(c3ccc(OC)cc3)C1C2(C)C. The van der Waals surface area contributed by atoms with Crippen LogP contribution in [0.1, 0.15) is 25.0 Å². The van der Waals surface area contributed by atoms with Crippen LogP contribution in [0.25, 0.3) is 11.1 Å². The summed E-state index contributed by atoms with van der Waals surface area (Å²) in [5.74, 6) is -0.200. The van der Waals surface area contributed by atoms with Crippen molar-refractivity contribution in [3.05, 3.63) is 70.8 Å². The number of allylic oxidation sites excluding steroid dienone is 2. The predicted octanol–water partition coefficient (Wildman–Crippen LogP) is 4.54. The summed E-state index contributed by atoms with van der Waals surface area (Å²) in [6, 6.07) is 15.5. The Balaban J connectivity index is 2.01. The minimum atomic E-state index is -0.504. The first kappa shape index (κ1) is 22.6. The van der Waals surface area contributed by atoms with Crippen LogP contribution < -0.4 is 9.47 Å². The van der Waals surface area contributed by atoms with Crippen molar-refractivity contribution in [2.24, 2.45) is 17.3 Å². The molecule has 0 N–H and O–H groups in total. The van der Waals surface area contributed by atoms with Crippen LogP contribution >= 0.6 is 0 Å². The van der Waals surface area contributed by atoms with Gasteiger partial charge in [-0.25, -0.2) is 9.59 Å². The van der Waals surface area contributed by atoms with Crippen LogP contribution in [0.2, 0.25) is 0 Å². The van der Waals surface area contributed by atoms with E-state index in [1.165, 1.54) is 14.2 Å². The summed E-state index contributed by atoms with van der Waals surface area (Å²) < 4.78 is 20.9. The van der Waals surface area contributed by atoms with Gasteiger partial charge in [0.1, 0.15) is 11.5 Å². The number of rotatable bonds is 6. The van der Waals surface area contributed by atoms with E-state index in [0.29, 0.717) is 11.1 Å². The fraction of sp³-hybridized carbons (Fsp3) is 0.333. The second kappa shape index (κ2) is 8.43. The van der Waals surface area contributed by atoms with Gasteiger partial charge in [-0.2, -0.15) is 0 Å². The summed E-state index contributed by atoms with van der Waals surface area (Å²) in [4.78, 5) is 26.0. The number of hydrogen-bond acceptors (Lipinski definition) is 6. The van der Waals surface area contributed by atoms with E-state index < -0.39 is 17.4 Å². The first-order valence-electron chi connectivity index (χ1n) is 10.7. The van der Waals surface area contributed by atoms with Gasteiger partial charge in [-0.15, -0.1) is 0 Å². The Morgan fingerprint density at radius 3 is 1.24 bits per heavy atom. The Morgan fingerprint density at radius 2 is 0.970 bits per heavy atom. The van der Waals surface area contributed by atoms with Crippen molar-refractivity contribution >= 4 is 23.1 Å². The van der Waals surface area contributed by atoms with E-state index in [-0.39, 0.29) is 11.8 Å². The Hall–Kier alpha value is -3.54. The Labute approximate surface area is 193 Å². The highest BCUT2D eigenvalue weighted by atomic mass is 16.5. The highest BCUT2D eigenvalue weighted by Gasteiger charge is 2.61. The van der Waals surface area contributed by atoms with Crippen LogP contribution in [-0.4, -0.2) is 40.4 Å². The molecule has 0 aliphatic heterocycles. The van der Waals surface area contributed by atoms with Crippen molar-refractivity contribution in [1.29, 1.82) is 0 Å². The molecular weight excluding hydrogens is 420 g/mol. The average molecular weight is 449 g/mol. The molecule has 2 aliphatic carbocycles. The van der Waals surface area contributed by atoms with Crippen LogP contribution in [0.4, 0.5) is 0 Å². The van der Waals surface area contributed by atoms with Crippen LogP contribution in [0.15, 0.2) is 59.7 Å². The standard InChI is InChI=1S/C27H28O6/c1-27(2)23-19(15-7-11-17(30-3)12-8-15)20(16-9-13-18(31-4)14-10-16)24(27)22(26(29)33-6)21(23)25(28)32-5/h7-14,23-24H,1-6H3. The maximum Gasteiger partial charge on any atom is 0.334 e. The molecule has 0 fully saturated rings. The zero-order chi connectivity index (χ0) is 23.9. The minimum absolute atomic E-state index is 0.338. The average Bonchev–Trinajstić information content (AvgIpc) is 3.23. The van der Waals surface area contributed by atoms with Gasteiger partial charge >= 0.3 is 11.9 Å². The molecule has 2 unspecified atom stereocenters. The molecule has 6 nitrogen and oxygen atoms in total. The van der Waals surface area contributed by atoms with Crippen molar-refractivity contribution < 1.29 is 28.5 Å². The fourth-order valence-electron chi connectivity index (χ4n) is 5.43. The lowest BCUT2D eigenvalue weighted by Crippen LogP contribution is -2.25. The van der Waals surface area contributed by atoms with E-state index in [0.717, 1.165) is 33.8 Å². The van der Waals surface area contributed by atoms with Crippen LogP contribution in [0.5, 0.6) is 11.5 Å². The molecule has 0 saturated carbocycles. The molecule has 2 bridgehead atoms. The van der Waals surface area contributed by atoms with E-state index in [1.807, 2.05) is 48.5 Å². The first-order valence-corrected chi connectivity index (χ1v) is 10.7. The molecule has 0 saturated heterocycles. The van der Waals surface area contributed by atoms with Crippen molar-refractivity contribution in [3.63, 3.8) is 0 Å². The zero-order valence-electron chi connectivity index (χ0n) is 19.7. The van der Waals surface area contributed by atoms with Crippen molar-refractivity contribution in [2.75, 3.05) is 28.4 Å². The number of carbonyl (C=O) groups excluding carboxylic acids is 2. The van der Waals surface area contributed by atoms with Crippen molar-refractivity contribution in [3.8, 4) is 11.5 Å². The summed E-state index contributed by atoms with van der Waals surface area (Å²) in [5, 5.41) is 0. The Bertz CT molecular complexity index is 1060. The predicted molar refractivity (Wildman–Crippen MR) is 125 cm³/mol. The lowest BCUT2D eigenvalue weighted by Gasteiger charge is -2.28. The van der Waals surface area contributed by atoms with Gasteiger partial charge in [0.25, 0.3) is 0 Å². The molecule has 6 heteroatoms. The van der Waals surface area contributed by atoms with Gasteiger partial charge in [0.05, 0.1) is 39.6 Å². The van der Waals surface area contributed by atoms with E-state index in [1.54, 1.807) is 14.2 Å². The number of ether oxygens (including phenoxy) is 4. The van der Waals surface area contributed by atoms with Gasteiger partial charge in [-0.05, 0) is 52.0 Å². The van der Waals surface area contributed by atoms with Gasteiger partial charge < -0.3 is 18.9 Å². The molecule has 2 aromatic carbocycles. The molecule has 2 aliphatic rings. The molecule has 0 spiro atoms. The Kier molecular flexibility index (Phi) is 5.78. The second-order valence-corrected chi connectivity index (χ2v) is 8.78. The Morgan fingerprint density at radius 1 is 0.636 bits per heavy atom. The lowest BCUT2D eigenvalue weighted by atomic mass is 9.74. The van der Waals surface area contributed by atoms with Crippen molar-refractivity contribution in [2.45, 2.75) is 13.8 Å². The summed E-state index contributed by atoms with van der Waals surface area (Å²) >= 11 is 0. The third-order valence-corrected chi connectivity index (χ3v) is 6.84. The number of fused-ring (bicyclic) bond motifs is 2. The molecule has 33 heavy (non-hydrogen) atoms. The summed E-state index contributed by atoms with van der Waals surface area (Å²) in [7, 11) is 5.92. The maximum atomic E-state index is 13.0. The van der Waals surface area contributed by atoms with Gasteiger partial charge in [-0.3, -0.25) is 0 Å². The minimum Gasteiger partial charge on any atom is -0.497 e. The summed E-state index contributed by atoms with van der Waals surface area (Å²) in [6.07, 6.45) is 0. The fourth-order valence-corrected chi connectivity index (χ4v) is 5.43. The first-order chi connectivity index (χ1) is 15.8. The smallest absolute Gasteiger partial charge is 0.334 e. The molecule has 0 aromatic heterocycles. The number of carbonyl (C=O) groups is 2. The van der Waals surface area contributed by atoms with E-state index in [9.17, 15) is 9.59 Å². The molecule has 4 rings (SSSR count). The summed E-state index contributed by atoms with van der Waals surface area (Å²) in [6.45, 7) is 4.17. The normalized spacial score (nSPS) is 20.7. The second-order valence-electron chi connectivity index (χ2n) is 8.78. The van der Waals surface area contributed by atoms with Gasteiger partial charge in [0.15, 0.2) is 0 Å². The molecule has 0 amide bonds. The van der Waals surface area contributed by atoms with Crippen molar-refractivity contribution in [1.82, 2.24) is 0 Å². The monoisotopic (exact) mass is 448 g/mol. The van der Waals surface area contributed by atoms with Gasteiger partial charge in [0, 0.05) is 11.8 Å². The number of benzene rings is 2. The van der Waals surface area contributed by atoms with Gasteiger partial charge in [0.2, 0.25) is 0 Å². The summed E-state index contributed by atoms with van der Waals surface area (Å²) in [5.41, 5.74) is 4.25. The third-order valence-electron chi connectivity index (χ3n) is 6.84. The highest BCUT2D eigenvalue weighted by Crippen LogP contribution is 2.67. The zero-order valence-corrected chi connectivity index (χ0v) is 19.7. The molecule has 2 aromatic rings. The molecule has 172 valence electrons. The van der Waals surface area contributed by atoms with Crippen LogP contribution in [0.3, 0.4) is 0 Å². The topological polar surface area (TPSA) is 71.1 Å². The number of methoxy groups -OCH3 is 4. The lowest BCUT2D eigenvalue weighted by molar-refractivity contribution is -0.139. The maximum absolute atomic E-state index is 13.0. The van der Waals surface area contributed by atoms with Gasteiger partial charge in [-0.1, -0.05) is 38.1 Å². The molecule has 2 atom stereocenters. The van der Waals surface area contributed by atoms with Crippen LogP contribution in [-0.2, 0) is 19.1 Å². The van der Waals surface area contributed by atoms with E-state index >= 15 is 0 Å². The largest absolute Gasteiger partial charge is 0.497 e. The quantitative estimate of drug-likeness (QED) is 0.604. The third kappa shape index (κ3) is 3.41. The van der Waals surface area contributed by atoms with E-state index in [2.05, 4.69) is 13.8 Å². The van der Waals surface area contributed by atoms with Crippen LogP contribution in [0, 0.1) is 17.3 Å².